The Morgan fingerprint density at radius 3 is 2.44 bits per heavy atom. The van der Waals surface area contributed by atoms with Crippen molar-refractivity contribution in [1.82, 2.24) is 4.98 Å². The topological polar surface area (TPSA) is 63.4 Å². The lowest BCUT2D eigenvalue weighted by Crippen LogP contribution is -2.27. The maximum Gasteiger partial charge on any atom is 0.235 e. The fourth-order valence-corrected chi connectivity index (χ4v) is 3.51. The number of aromatic amines is 1. The maximum atomic E-state index is 13.1. The number of benzene rings is 2. The number of fused-ring (bicyclic) bond motifs is 1. The number of nitrogens with one attached hydrogen (secondary N) is 2. The van der Waals surface area contributed by atoms with Crippen molar-refractivity contribution in [3.05, 3.63) is 54.2 Å². The van der Waals surface area contributed by atoms with Crippen LogP contribution < -0.4 is 14.8 Å². The highest BCUT2D eigenvalue weighted by Crippen LogP contribution is 2.51. The third-order valence-corrected chi connectivity index (χ3v) is 5.07. The predicted molar refractivity (Wildman–Crippen MR) is 107 cm³/mol. The summed E-state index contributed by atoms with van der Waals surface area (Å²) >= 11 is 0. The van der Waals surface area contributed by atoms with Crippen LogP contribution in [-0.2, 0) is 10.2 Å². The lowest BCUT2D eigenvalue weighted by Gasteiger charge is -2.16. The van der Waals surface area contributed by atoms with Gasteiger partial charge in [0.1, 0.15) is 11.5 Å². The van der Waals surface area contributed by atoms with Crippen molar-refractivity contribution in [2.45, 2.75) is 38.2 Å². The Labute approximate surface area is 158 Å². The Balaban J connectivity index is 1.57. The molecule has 2 N–H and O–H groups in total. The molecule has 0 aliphatic heterocycles. The lowest BCUT2D eigenvalue weighted by atomic mass is 9.94. The van der Waals surface area contributed by atoms with Crippen LogP contribution in [-0.4, -0.2) is 24.1 Å². The monoisotopic (exact) mass is 364 g/mol. The summed E-state index contributed by atoms with van der Waals surface area (Å²) in [6.07, 6.45) is 3.77. The largest absolute Gasteiger partial charge is 0.497 e. The number of carbonyl (C=O) groups excluding carboxylic acids is 1. The Hall–Kier alpha value is -2.95. The van der Waals surface area contributed by atoms with Gasteiger partial charge in [-0.3, -0.25) is 4.79 Å². The second-order valence-corrected chi connectivity index (χ2v) is 7.34. The summed E-state index contributed by atoms with van der Waals surface area (Å²) in [5.41, 5.74) is 2.35. The third kappa shape index (κ3) is 3.25. The Morgan fingerprint density at radius 2 is 1.81 bits per heavy atom. The van der Waals surface area contributed by atoms with Gasteiger partial charge >= 0.3 is 0 Å². The number of aromatic nitrogens is 1. The van der Waals surface area contributed by atoms with E-state index < -0.39 is 5.41 Å². The van der Waals surface area contributed by atoms with Crippen LogP contribution >= 0.6 is 0 Å². The number of H-pyrrole nitrogens is 1. The molecule has 1 aliphatic carbocycles. The standard InChI is InChI=1S/C22H24N2O3/c1-14(2)27-16-6-4-15(5-7-16)24-21(25)22(10-11-22)19-13-23-20-9-8-17(26-3)12-18(19)20/h4-9,12-14,23H,10-11H2,1-3H3,(H,24,25). The van der Waals surface area contributed by atoms with Crippen LogP contribution in [0.1, 0.15) is 32.3 Å². The number of rotatable bonds is 6. The zero-order chi connectivity index (χ0) is 19.0. The van der Waals surface area contributed by atoms with Crippen LogP contribution in [0, 0.1) is 0 Å². The highest BCUT2D eigenvalue weighted by Gasteiger charge is 2.52. The molecule has 0 saturated heterocycles. The van der Waals surface area contributed by atoms with Gasteiger partial charge in [0.15, 0.2) is 0 Å². The molecule has 3 aromatic rings. The second-order valence-electron chi connectivity index (χ2n) is 7.34. The third-order valence-electron chi connectivity index (χ3n) is 5.07. The van der Waals surface area contributed by atoms with Gasteiger partial charge < -0.3 is 19.8 Å². The Kier molecular flexibility index (Phi) is 4.30. The minimum Gasteiger partial charge on any atom is -0.497 e. The van der Waals surface area contributed by atoms with E-state index in [1.807, 2.05) is 62.5 Å². The normalized spacial score (nSPS) is 15.0. The molecule has 1 aliphatic rings. The Bertz CT molecular complexity index is 969. The number of anilines is 1. The molecule has 5 heteroatoms. The summed E-state index contributed by atoms with van der Waals surface area (Å²) in [6, 6.07) is 13.4. The Morgan fingerprint density at radius 1 is 1.11 bits per heavy atom. The quantitative estimate of drug-likeness (QED) is 0.670. The zero-order valence-corrected chi connectivity index (χ0v) is 15.8. The number of methoxy groups -OCH3 is 1. The summed E-state index contributed by atoms with van der Waals surface area (Å²) in [5.74, 6) is 1.62. The van der Waals surface area contributed by atoms with Gasteiger partial charge in [-0.1, -0.05) is 0 Å². The van der Waals surface area contributed by atoms with Gasteiger partial charge in [0.2, 0.25) is 5.91 Å². The first kappa shape index (κ1) is 17.5. The summed E-state index contributed by atoms with van der Waals surface area (Å²) in [4.78, 5) is 16.3. The van der Waals surface area contributed by atoms with Crippen molar-refractivity contribution < 1.29 is 14.3 Å². The molecule has 4 rings (SSSR count). The molecule has 0 unspecified atom stereocenters. The SMILES string of the molecule is COc1ccc2[nH]cc(C3(C(=O)Nc4ccc(OC(C)C)cc4)CC3)c2c1. The van der Waals surface area contributed by atoms with Crippen molar-refractivity contribution in [2.75, 3.05) is 12.4 Å². The average molecular weight is 364 g/mol. The predicted octanol–water partition coefficient (Wildman–Crippen LogP) is 4.63. The minimum atomic E-state index is -0.474. The lowest BCUT2D eigenvalue weighted by molar-refractivity contribution is -0.118. The molecular weight excluding hydrogens is 340 g/mol. The van der Waals surface area contributed by atoms with Crippen LogP contribution in [0.25, 0.3) is 10.9 Å². The molecule has 0 bridgehead atoms. The molecule has 1 fully saturated rings. The van der Waals surface area contributed by atoms with E-state index >= 15 is 0 Å². The number of hydrogen-bond donors (Lipinski definition) is 2. The molecule has 1 aromatic heterocycles. The zero-order valence-electron chi connectivity index (χ0n) is 15.8. The number of ether oxygens (including phenoxy) is 2. The summed E-state index contributed by atoms with van der Waals surface area (Å²) in [5, 5.41) is 4.11. The van der Waals surface area contributed by atoms with Crippen LogP contribution in [0.15, 0.2) is 48.7 Å². The van der Waals surface area contributed by atoms with Crippen LogP contribution in [0.3, 0.4) is 0 Å². The first-order valence-corrected chi connectivity index (χ1v) is 9.25. The molecule has 2 aromatic carbocycles. The van der Waals surface area contributed by atoms with Gasteiger partial charge in [0.05, 0.1) is 18.6 Å². The van der Waals surface area contributed by atoms with Crippen molar-refractivity contribution in [2.24, 2.45) is 0 Å². The highest BCUT2D eigenvalue weighted by atomic mass is 16.5. The van der Waals surface area contributed by atoms with E-state index in [0.717, 1.165) is 46.5 Å². The average Bonchev–Trinajstić information content (AvgIpc) is 3.36. The number of amides is 1. The van der Waals surface area contributed by atoms with Crippen molar-refractivity contribution in [1.29, 1.82) is 0 Å². The molecule has 1 amide bonds. The van der Waals surface area contributed by atoms with Crippen LogP contribution in [0.4, 0.5) is 5.69 Å². The molecular formula is C22H24N2O3. The molecule has 0 radical (unpaired) electrons. The van der Waals surface area contributed by atoms with Crippen molar-refractivity contribution in [3.63, 3.8) is 0 Å². The van der Waals surface area contributed by atoms with Gasteiger partial charge in [-0.15, -0.1) is 0 Å². The molecule has 5 nitrogen and oxygen atoms in total. The number of carbonyl (C=O) groups is 1. The fraction of sp³-hybridized carbons (Fsp3) is 0.318. The first-order chi connectivity index (χ1) is 13.0. The number of hydrogen-bond acceptors (Lipinski definition) is 3. The van der Waals surface area contributed by atoms with E-state index in [1.54, 1.807) is 7.11 Å². The van der Waals surface area contributed by atoms with E-state index in [-0.39, 0.29) is 12.0 Å². The van der Waals surface area contributed by atoms with E-state index in [1.165, 1.54) is 0 Å². The molecule has 140 valence electrons. The van der Waals surface area contributed by atoms with Gasteiger partial charge in [-0.05, 0) is 74.7 Å². The highest BCUT2D eigenvalue weighted by molar-refractivity contribution is 6.04. The minimum absolute atomic E-state index is 0.0312. The molecule has 0 spiro atoms. The first-order valence-electron chi connectivity index (χ1n) is 9.25. The van der Waals surface area contributed by atoms with Crippen LogP contribution in [0.2, 0.25) is 0 Å². The van der Waals surface area contributed by atoms with Crippen molar-refractivity contribution >= 4 is 22.5 Å². The maximum absolute atomic E-state index is 13.1. The van der Waals surface area contributed by atoms with E-state index in [9.17, 15) is 4.79 Å². The second kappa shape index (κ2) is 6.65. The summed E-state index contributed by atoms with van der Waals surface area (Å²) in [7, 11) is 1.65. The molecule has 1 saturated carbocycles. The molecule has 27 heavy (non-hydrogen) atoms. The summed E-state index contributed by atoms with van der Waals surface area (Å²) in [6.45, 7) is 3.98. The fourth-order valence-electron chi connectivity index (χ4n) is 3.51. The van der Waals surface area contributed by atoms with Gasteiger partial charge in [-0.2, -0.15) is 0 Å². The smallest absolute Gasteiger partial charge is 0.235 e. The van der Waals surface area contributed by atoms with E-state index in [2.05, 4.69) is 10.3 Å². The van der Waals surface area contributed by atoms with Crippen LogP contribution in [0.5, 0.6) is 11.5 Å². The van der Waals surface area contributed by atoms with Gasteiger partial charge in [0.25, 0.3) is 0 Å². The van der Waals surface area contributed by atoms with Crippen molar-refractivity contribution in [3.8, 4) is 11.5 Å². The van der Waals surface area contributed by atoms with Gasteiger partial charge in [0, 0.05) is 22.8 Å². The van der Waals surface area contributed by atoms with E-state index in [4.69, 9.17) is 9.47 Å². The van der Waals surface area contributed by atoms with Gasteiger partial charge in [-0.25, -0.2) is 0 Å². The summed E-state index contributed by atoms with van der Waals surface area (Å²) < 4.78 is 11.0. The molecule has 1 heterocycles. The molecule has 0 atom stereocenters. The van der Waals surface area contributed by atoms with E-state index in [0.29, 0.717) is 0 Å².